The smallest absolute Gasteiger partial charge is 0.103 e. The molecule has 0 aliphatic carbocycles. The van der Waals surface area contributed by atoms with E-state index in [1.54, 1.807) is 6.20 Å². The number of hydrogen-bond acceptors (Lipinski definition) is 4. The van der Waals surface area contributed by atoms with Crippen LogP contribution in [0.5, 0.6) is 0 Å². The molecule has 0 saturated carbocycles. The summed E-state index contributed by atoms with van der Waals surface area (Å²) in [6, 6.07) is 0. The molecular formula is C8H15N5. The second kappa shape index (κ2) is 3.85. The zero-order valence-electron chi connectivity index (χ0n) is 7.85. The highest BCUT2D eigenvalue weighted by molar-refractivity contribution is 4.74. The zero-order chi connectivity index (χ0) is 9.10. The van der Waals surface area contributed by atoms with E-state index in [1.165, 1.54) is 0 Å². The SMILES string of the molecule is CC(N1CCNCC1)n1ccnn1. The van der Waals surface area contributed by atoms with Crippen molar-refractivity contribution in [1.82, 2.24) is 25.2 Å². The predicted octanol–water partition coefficient (Wildman–Crippen LogP) is -0.298. The van der Waals surface area contributed by atoms with Crippen molar-refractivity contribution in [1.29, 1.82) is 0 Å². The Morgan fingerprint density at radius 2 is 2.15 bits per heavy atom. The molecular weight excluding hydrogens is 166 g/mol. The van der Waals surface area contributed by atoms with Gasteiger partial charge in [-0.25, -0.2) is 4.68 Å². The number of piperazine rings is 1. The molecule has 1 aromatic heterocycles. The van der Waals surface area contributed by atoms with E-state index in [1.807, 2.05) is 10.9 Å². The third kappa shape index (κ3) is 1.87. The van der Waals surface area contributed by atoms with Crippen molar-refractivity contribution in [2.75, 3.05) is 26.2 Å². The summed E-state index contributed by atoms with van der Waals surface area (Å²) in [5.74, 6) is 0. The fourth-order valence-corrected chi connectivity index (χ4v) is 1.64. The van der Waals surface area contributed by atoms with Gasteiger partial charge in [0.15, 0.2) is 0 Å². The van der Waals surface area contributed by atoms with E-state index in [9.17, 15) is 0 Å². The average molecular weight is 181 g/mol. The molecule has 1 unspecified atom stereocenters. The quantitative estimate of drug-likeness (QED) is 0.680. The van der Waals surface area contributed by atoms with Crippen LogP contribution in [-0.4, -0.2) is 46.1 Å². The molecule has 0 aromatic carbocycles. The second-order valence-electron chi connectivity index (χ2n) is 3.30. The first-order chi connectivity index (χ1) is 6.38. The van der Waals surface area contributed by atoms with Gasteiger partial charge in [-0.1, -0.05) is 5.21 Å². The number of nitrogens with zero attached hydrogens (tertiary/aromatic N) is 4. The Morgan fingerprint density at radius 1 is 1.38 bits per heavy atom. The monoisotopic (exact) mass is 181 g/mol. The van der Waals surface area contributed by atoms with Crippen molar-refractivity contribution in [2.24, 2.45) is 0 Å². The van der Waals surface area contributed by atoms with E-state index in [4.69, 9.17) is 0 Å². The minimum atomic E-state index is 0.324. The lowest BCUT2D eigenvalue weighted by Gasteiger charge is -2.32. The number of hydrogen-bond donors (Lipinski definition) is 1. The van der Waals surface area contributed by atoms with E-state index in [2.05, 4.69) is 27.5 Å². The van der Waals surface area contributed by atoms with E-state index >= 15 is 0 Å². The summed E-state index contributed by atoms with van der Waals surface area (Å²) in [6.45, 7) is 6.46. The molecule has 1 saturated heterocycles. The highest BCUT2D eigenvalue weighted by Gasteiger charge is 2.17. The minimum Gasteiger partial charge on any atom is -0.314 e. The standard InChI is InChI=1S/C8H15N5/c1-8(13-7-4-10-11-13)12-5-2-9-3-6-12/h4,7-9H,2-3,5-6H2,1H3. The summed E-state index contributed by atoms with van der Waals surface area (Å²) in [5, 5.41) is 11.1. The Hall–Kier alpha value is -0.940. The van der Waals surface area contributed by atoms with Gasteiger partial charge in [-0.2, -0.15) is 0 Å². The maximum Gasteiger partial charge on any atom is 0.103 e. The van der Waals surface area contributed by atoms with Crippen LogP contribution in [0.4, 0.5) is 0 Å². The van der Waals surface area contributed by atoms with Gasteiger partial charge in [-0.3, -0.25) is 4.90 Å². The fraction of sp³-hybridized carbons (Fsp3) is 0.750. The van der Waals surface area contributed by atoms with Crippen molar-refractivity contribution in [3.8, 4) is 0 Å². The average Bonchev–Trinajstić information content (AvgIpc) is 2.71. The lowest BCUT2D eigenvalue weighted by atomic mass is 10.3. The van der Waals surface area contributed by atoms with Crippen LogP contribution in [0.2, 0.25) is 0 Å². The van der Waals surface area contributed by atoms with E-state index in [0.29, 0.717) is 6.17 Å². The molecule has 5 nitrogen and oxygen atoms in total. The van der Waals surface area contributed by atoms with Gasteiger partial charge in [0.1, 0.15) is 6.17 Å². The molecule has 1 aliphatic rings. The van der Waals surface area contributed by atoms with Gasteiger partial charge in [0.2, 0.25) is 0 Å². The van der Waals surface area contributed by atoms with Crippen molar-refractivity contribution < 1.29 is 0 Å². The fourth-order valence-electron chi connectivity index (χ4n) is 1.64. The molecule has 1 aromatic rings. The maximum absolute atomic E-state index is 4.00. The highest BCUT2D eigenvalue weighted by Crippen LogP contribution is 2.10. The molecule has 0 spiro atoms. The van der Waals surface area contributed by atoms with Crippen LogP contribution in [-0.2, 0) is 0 Å². The Bertz CT molecular complexity index is 239. The van der Waals surface area contributed by atoms with Gasteiger partial charge < -0.3 is 5.32 Å². The van der Waals surface area contributed by atoms with Gasteiger partial charge in [0.05, 0.1) is 6.20 Å². The van der Waals surface area contributed by atoms with Gasteiger partial charge >= 0.3 is 0 Å². The zero-order valence-corrected chi connectivity index (χ0v) is 7.85. The maximum atomic E-state index is 4.00. The summed E-state index contributed by atoms with van der Waals surface area (Å²) in [7, 11) is 0. The number of rotatable bonds is 2. The molecule has 2 rings (SSSR count). The van der Waals surface area contributed by atoms with Gasteiger partial charge in [-0.05, 0) is 6.92 Å². The van der Waals surface area contributed by atoms with Crippen molar-refractivity contribution in [3.05, 3.63) is 12.4 Å². The molecule has 1 atom stereocenters. The second-order valence-corrected chi connectivity index (χ2v) is 3.30. The molecule has 1 fully saturated rings. The lowest BCUT2D eigenvalue weighted by Crippen LogP contribution is -2.45. The lowest BCUT2D eigenvalue weighted by molar-refractivity contribution is 0.123. The topological polar surface area (TPSA) is 46.0 Å². The third-order valence-corrected chi connectivity index (χ3v) is 2.50. The Balaban J connectivity index is 1.99. The summed E-state index contributed by atoms with van der Waals surface area (Å²) < 4.78 is 1.89. The molecule has 72 valence electrons. The first kappa shape index (κ1) is 8.65. The van der Waals surface area contributed by atoms with Crippen LogP contribution in [0.15, 0.2) is 12.4 Å². The van der Waals surface area contributed by atoms with Crippen molar-refractivity contribution >= 4 is 0 Å². The number of nitrogens with one attached hydrogen (secondary N) is 1. The molecule has 5 heteroatoms. The first-order valence-electron chi connectivity index (χ1n) is 4.68. The van der Waals surface area contributed by atoms with Crippen molar-refractivity contribution in [2.45, 2.75) is 13.1 Å². The Morgan fingerprint density at radius 3 is 2.77 bits per heavy atom. The molecule has 1 N–H and O–H groups in total. The summed E-state index contributed by atoms with van der Waals surface area (Å²) >= 11 is 0. The van der Waals surface area contributed by atoms with Gasteiger partial charge in [-0.15, -0.1) is 5.10 Å². The Kier molecular flexibility index (Phi) is 2.56. The summed E-state index contributed by atoms with van der Waals surface area (Å²) in [4.78, 5) is 2.39. The van der Waals surface area contributed by atoms with Crippen LogP contribution in [0, 0.1) is 0 Å². The van der Waals surface area contributed by atoms with Crippen LogP contribution in [0.1, 0.15) is 13.1 Å². The van der Waals surface area contributed by atoms with Crippen LogP contribution in [0.25, 0.3) is 0 Å². The molecule has 0 radical (unpaired) electrons. The van der Waals surface area contributed by atoms with Gasteiger partial charge in [0.25, 0.3) is 0 Å². The van der Waals surface area contributed by atoms with Gasteiger partial charge in [0, 0.05) is 32.4 Å². The molecule has 2 heterocycles. The summed E-state index contributed by atoms with van der Waals surface area (Å²) in [6.07, 6.45) is 3.95. The van der Waals surface area contributed by atoms with Crippen LogP contribution >= 0.6 is 0 Å². The number of aromatic nitrogens is 3. The largest absolute Gasteiger partial charge is 0.314 e. The molecule has 0 bridgehead atoms. The third-order valence-electron chi connectivity index (χ3n) is 2.50. The normalized spacial score (nSPS) is 21.6. The predicted molar refractivity (Wildman–Crippen MR) is 49.2 cm³/mol. The Labute approximate surface area is 77.7 Å². The molecule has 13 heavy (non-hydrogen) atoms. The van der Waals surface area contributed by atoms with Crippen LogP contribution < -0.4 is 5.32 Å². The molecule has 1 aliphatic heterocycles. The first-order valence-corrected chi connectivity index (χ1v) is 4.68. The van der Waals surface area contributed by atoms with Crippen molar-refractivity contribution in [3.63, 3.8) is 0 Å². The molecule has 0 amide bonds. The minimum absolute atomic E-state index is 0.324. The van der Waals surface area contributed by atoms with Crippen LogP contribution in [0.3, 0.4) is 0 Å². The van der Waals surface area contributed by atoms with E-state index < -0.39 is 0 Å². The highest BCUT2D eigenvalue weighted by atomic mass is 15.5. The van der Waals surface area contributed by atoms with E-state index in [0.717, 1.165) is 26.2 Å². The summed E-state index contributed by atoms with van der Waals surface area (Å²) in [5.41, 5.74) is 0. The van der Waals surface area contributed by atoms with E-state index in [-0.39, 0.29) is 0 Å².